The highest BCUT2D eigenvalue weighted by Crippen LogP contribution is 2.03. The summed E-state index contributed by atoms with van der Waals surface area (Å²) in [4.78, 5) is 9.47. The molecule has 1 aromatic rings. The van der Waals surface area contributed by atoms with Crippen molar-refractivity contribution in [3.8, 4) is 0 Å². The minimum absolute atomic E-state index is 0.500. The van der Waals surface area contributed by atoms with E-state index < -0.39 is 0 Å². The van der Waals surface area contributed by atoms with Gasteiger partial charge in [-0.05, 0) is 26.2 Å². The molecular formula is C11H18N4. The molecule has 1 heterocycles. The summed E-state index contributed by atoms with van der Waals surface area (Å²) in [5.41, 5.74) is 6.46. The van der Waals surface area contributed by atoms with E-state index in [2.05, 4.69) is 14.9 Å². The monoisotopic (exact) mass is 206 g/mol. The minimum Gasteiger partial charge on any atom is -0.347 e. The second kappa shape index (κ2) is 6.03. The number of nitrogens with one attached hydrogen (secondary N) is 1. The van der Waals surface area contributed by atoms with Crippen LogP contribution >= 0.6 is 0 Å². The summed E-state index contributed by atoms with van der Waals surface area (Å²) in [6.45, 7) is 5.21. The molecule has 0 unspecified atom stereocenters. The quantitative estimate of drug-likeness (QED) is 0.771. The van der Waals surface area contributed by atoms with Crippen molar-refractivity contribution in [1.29, 1.82) is 0 Å². The zero-order valence-electron chi connectivity index (χ0n) is 9.27. The smallest absolute Gasteiger partial charge is 0.126 e. The average Bonchev–Trinajstić information content (AvgIpc) is 2.66. The Morgan fingerprint density at radius 3 is 2.53 bits per heavy atom. The molecule has 0 bridgehead atoms. The Hall–Kier alpha value is -1.55. The van der Waals surface area contributed by atoms with Gasteiger partial charge >= 0.3 is 0 Å². The van der Waals surface area contributed by atoms with Crippen molar-refractivity contribution >= 4 is 0 Å². The number of hydrogen-bond acceptors (Lipinski definition) is 3. The molecular weight excluding hydrogens is 188 g/mol. The third kappa shape index (κ3) is 3.59. The molecule has 0 fully saturated rings. The zero-order chi connectivity index (χ0) is 11.1. The third-order valence-electron chi connectivity index (χ3n) is 1.91. The maximum absolute atomic E-state index is 5.50. The standard InChI is InChI=1S/C11H18N4/c1-3-5-15(6-4-2)9-11-13-8-10(7-12)14-11/h3-6,8H,7,9,12H2,1-2H3,(H,13,14). The van der Waals surface area contributed by atoms with Crippen molar-refractivity contribution in [2.24, 2.45) is 5.73 Å². The maximum Gasteiger partial charge on any atom is 0.126 e. The summed E-state index contributed by atoms with van der Waals surface area (Å²) in [7, 11) is 0. The Kier molecular flexibility index (Phi) is 4.63. The first kappa shape index (κ1) is 11.5. The van der Waals surface area contributed by atoms with Gasteiger partial charge in [-0.15, -0.1) is 0 Å². The number of aromatic amines is 1. The number of aromatic nitrogens is 2. The van der Waals surface area contributed by atoms with Gasteiger partial charge in [0.15, 0.2) is 0 Å². The molecule has 0 aliphatic rings. The van der Waals surface area contributed by atoms with Gasteiger partial charge in [-0.2, -0.15) is 0 Å². The van der Waals surface area contributed by atoms with Gasteiger partial charge in [0.1, 0.15) is 5.82 Å². The number of H-pyrrole nitrogens is 1. The van der Waals surface area contributed by atoms with Crippen LogP contribution in [0.2, 0.25) is 0 Å². The van der Waals surface area contributed by atoms with Crippen LogP contribution in [-0.4, -0.2) is 14.9 Å². The number of nitrogens with two attached hydrogens (primary N) is 1. The molecule has 3 N–H and O–H groups in total. The van der Waals surface area contributed by atoms with Crippen LogP contribution in [0.4, 0.5) is 0 Å². The van der Waals surface area contributed by atoms with E-state index >= 15 is 0 Å². The lowest BCUT2D eigenvalue weighted by atomic mass is 10.5. The molecule has 0 spiro atoms. The van der Waals surface area contributed by atoms with E-state index in [1.165, 1.54) is 0 Å². The van der Waals surface area contributed by atoms with E-state index in [1.54, 1.807) is 6.20 Å². The highest BCUT2D eigenvalue weighted by Gasteiger charge is 2.01. The van der Waals surface area contributed by atoms with Gasteiger partial charge in [0.25, 0.3) is 0 Å². The Morgan fingerprint density at radius 1 is 1.40 bits per heavy atom. The largest absolute Gasteiger partial charge is 0.347 e. The molecule has 15 heavy (non-hydrogen) atoms. The zero-order valence-corrected chi connectivity index (χ0v) is 9.27. The second-order valence-electron chi connectivity index (χ2n) is 3.20. The van der Waals surface area contributed by atoms with Crippen LogP contribution in [-0.2, 0) is 13.1 Å². The van der Waals surface area contributed by atoms with Crippen LogP contribution < -0.4 is 5.73 Å². The summed E-state index contributed by atoms with van der Waals surface area (Å²) in [5.74, 6) is 0.923. The van der Waals surface area contributed by atoms with Crippen LogP contribution in [0.3, 0.4) is 0 Å². The number of nitrogens with zero attached hydrogens (tertiary/aromatic N) is 2. The summed E-state index contributed by atoms with van der Waals surface area (Å²) in [6.07, 6.45) is 9.77. The van der Waals surface area contributed by atoms with Crippen molar-refractivity contribution in [1.82, 2.24) is 14.9 Å². The van der Waals surface area contributed by atoms with Crippen molar-refractivity contribution in [2.75, 3.05) is 0 Å². The van der Waals surface area contributed by atoms with Gasteiger partial charge in [0, 0.05) is 18.4 Å². The Labute approximate surface area is 90.5 Å². The molecule has 0 saturated heterocycles. The van der Waals surface area contributed by atoms with Gasteiger partial charge < -0.3 is 15.6 Å². The molecule has 0 aliphatic carbocycles. The fourth-order valence-electron chi connectivity index (χ4n) is 1.30. The van der Waals surface area contributed by atoms with Crippen LogP contribution in [0.15, 0.2) is 30.7 Å². The molecule has 0 aromatic carbocycles. The molecule has 1 aromatic heterocycles. The first-order valence-electron chi connectivity index (χ1n) is 5.04. The molecule has 0 amide bonds. The molecule has 82 valence electrons. The van der Waals surface area contributed by atoms with Crippen molar-refractivity contribution in [3.05, 3.63) is 42.3 Å². The van der Waals surface area contributed by atoms with Gasteiger partial charge in [-0.3, -0.25) is 0 Å². The highest BCUT2D eigenvalue weighted by molar-refractivity contribution is 5.02. The van der Waals surface area contributed by atoms with Crippen molar-refractivity contribution in [3.63, 3.8) is 0 Å². The third-order valence-corrected chi connectivity index (χ3v) is 1.91. The molecule has 4 nitrogen and oxygen atoms in total. The van der Waals surface area contributed by atoms with E-state index in [0.717, 1.165) is 18.1 Å². The van der Waals surface area contributed by atoms with Crippen LogP contribution in [0, 0.1) is 0 Å². The molecule has 0 saturated carbocycles. The number of rotatable bonds is 5. The predicted octanol–water partition coefficient (Wildman–Crippen LogP) is 1.74. The molecule has 0 atom stereocenters. The van der Waals surface area contributed by atoms with Crippen LogP contribution in [0.1, 0.15) is 25.4 Å². The number of imidazole rings is 1. The van der Waals surface area contributed by atoms with Crippen molar-refractivity contribution < 1.29 is 0 Å². The summed E-state index contributed by atoms with van der Waals surface area (Å²) >= 11 is 0. The first-order valence-corrected chi connectivity index (χ1v) is 5.04. The summed E-state index contributed by atoms with van der Waals surface area (Å²) in [6, 6.07) is 0. The molecule has 0 radical (unpaired) electrons. The van der Waals surface area contributed by atoms with Gasteiger partial charge in [0.2, 0.25) is 0 Å². The van der Waals surface area contributed by atoms with E-state index in [-0.39, 0.29) is 0 Å². The van der Waals surface area contributed by atoms with Gasteiger partial charge in [-0.1, -0.05) is 12.2 Å². The topological polar surface area (TPSA) is 57.9 Å². The summed E-state index contributed by atoms with van der Waals surface area (Å²) < 4.78 is 0. The average molecular weight is 206 g/mol. The molecule has 1 rings (SSSR count). The van der Waals surface area contributed by atoms with Crippen molar-refractivity contribution in [2.45, 2.75) is 26.9 Å². The van der Waals surface area contributed by atoms with E-state index in [0.29, 0.717) is 6.54 Å². The minimum atomic E-state index is 0.500. The Morgan fingerprint density at radius 2 is 2.07 bits per heavy atom. The lowest BCUT2D eigenvalue weighted by molar-refractivity contribution is 0.484. The SMILES string of the molecule is CC=CN(C=CC)Cc1ncc(CN)[nH]1. The van der Waals surface area contributed by atoms with E-state index in [9.17, 15) is 0 Å². The summed E-state index contributed by atoms with van der Waals surface area (Å²) in [5, 5.41) is 0. The molecule has 0 aliphatic heterocycles. The lowest BCUT2D eigenvalue weighted by Crippen LogP contribution is -2.10. The van der Waals surface area contributed by atoms with E-state index in [4.69, 9.17) is 5.73 Å². The van der Waals surface area contributed by atoms with Crippen LogP contribution in [0.25, 0.3) is 0 Å². The number of hydrogen-bond donors (Lipinski definition) is 2. The fraction of sp³-hybridized carbons (Fsp3) is 0.364. The fourth-order valence-corrected chi connectivity index (χ4v) is 1.30. The van der Waals surface area contributed by atoms with Crippen LogP contribution in [0.5, 0.6) is 0 Å². The lowest BCUT2D eigenvalue weighted by Gasteiger charge is -2.12. The van der Waals surface area contributed by atoms with Gasteiger partial charge in [0.05, 0.1) is 6.54 Å². The Bertz CT molecular complexity index is 326. The predicted molar refractivity (Wildman–Crippen MR) is 61.7 cm³/mol. The highest BCUT2D eigenvalue weighted by atomic mass is 15.1. The Balaban J connectivity index is 2.64. The molecule has 4 heteroatoms. The maximum atomic E-state index is 5.50. The normalized spacial score (nSPS) is 11.7. The first-order chi connectivity index (χ1) is 7.30. The van der Waals surface area contributed by atoms with E-state index in [1.807, 2.05) is 38.4 Å². The second-order valence-corrected chi connectivity index (χ2v) is 3.20. The number of allylic oxidation sites excluding steroid dienone is 2. The van der Waals surface area contributed by atoms with Gasteiger partial charge in [-0.25, -0.2) is 4.98 Å².